The van der Waals surface area contributed by atoms with Crippen LogP contribution >= 0.6 is 11.3 Å². The van der Waals surface area contributed by atoms with Crippen molar-refractivity contribution in [2.45, 2.75) is 26.4 Å². The molecule has 0 aromatic carbocycles. The van der Waals surface area contributed by atoms with Crippen molar-refractivity contribution in [3.63, 3.8) is 0 Å². The molecule has 0 saturated carbocycles. The summed E-state index contributed by atoms with van der Waals surface area (Å²) in [5.41, 5.74) is 2.10. The number of nitrogens with zero attached hydrogens (tertiary/aromatic N) is 1. The molecule has 0 spiro atoms. The van der Waals surface area contributed by atoms with E-state index >= 15 is 0 Å². The van der Waals surface area contributed by atoms with Gasteiger partial charge in [-0.3, -0.25) is 19.9 Å². The van der Waals surface area contributed by atoms with Gasteiger partial charge in [-0.05, 0) is 33.0 Å². The van der Waals surface area contributed by atoms with Crippen LogP contribution in [0.25, 0.3) is 0 Å². The van der Waals surface area contributed by atoms with Gasteiger partial charge in [-0.1, -0.05) is 0 Å². The molecule has 1 aromatic heterocycles. The number of nitrogens with two attached hydrogens (primary N) is 1. The molecule has 0 radical (unpaired) electrons. The minimum absolute atomic E-state index is 0.00557. The van der Waals surface area contributed by atoms with Gasteiger partial charge in [0.2, 0.25) is 5.91 Å². The SMILES string of the molecule is CC(C)NC(=O)CN(C)Cc1ccc(C(=O)NN)s1. The minimum Gasteiger partial charge on any atom is -0.353 e. The first-order valence-electron chi connectivity index (χ1n) is 6.00. The molecule has 0 aliphatic rings. The topological polar surface area (TPSA) is 87.5 Å². The van der Waals surface area contributed by atoms with Crippen LogP contribution in [-0.2, 0) is 11.3 Å². The number of likely N-dealkylation sites (N-methyl/N-ethyl adjacent to an activating group) is 1. The van der Waals surface area contributed by atoms with E-state index in [2.05, 4.69) is 10.7 Å². The monoisotopic (exact) mass is 284 g/mol. The first-order valence-corrected chi connectivity index (χ1v) is 6.81. The van der Waals surface area contributed by atoms with Crippen LogP contribution in [0.2, 0.25) is 0 Å². The van der Waals surface area contributed by atoms with E-state index in [-0.39, 0.29) is 17.9 Å². The fraction of sp³-hybridized carbons (Fsp3) is 0.500. The Hall–Kier alpha value is -1.44. The van der Waals surface area contributed by atoms with Crippen molar-refractivity contribution in [2.75, 3.05) is 13.6 Å². The lowest BCUT2D eigenvalue weighted by molar-refractivity contribution is -0.122. The molecule has 1 rings (SSSR count). The number of hydrazine groups is 1. The second kappa shape index (κ2) is 7.22. The Labute approximate surface area is 116 Å². The third-order valence-electron chi connectivity index (χ3n) is 2.31. The number of nitrogen functional groups attached to an aromatic ring is 1. The fourth-order valence-electron chi connectivity index (χ4n) is 1.59. The molecular weight excluding hydrogens is 264 g/mol. The highest BCUT2D eigenvalue weighted by atomic mass is 32.1. The minimum atomic E-state index is -0.295. The summed E-state index contributed by atoms with van der Waals surface area (Å²) in [4.78, 5) is 26.4. The second-order valence-corrected chi connectivity index (χ2v) is 5.80. The van der Waals surface area contributed by atoms with Gasteiger partial charge in [-0.15, -0.1) is 11.3 Å². The number of nitrogens with one attached hydrogen (secondary N) is 2. The average Bonchev–Trinajstić information content (AvgIpc) is 2.74. The van der Waals surface area contributed by atoms with Crippen molar-refractivity contribution in [3.05, 3.63) is 21.9 Å². The molecule has 2 amide bonds. The van der Waals surface area contributed by atoms with Gasteiger partial charge < -0.3 is 5.32 Å². The maximum atomic E-state index is 11.6. The molecule has 1 aromatic rings. The van der Waals surface area contributed by atoms with Gasteiger partial charge in [0.15, 0.2) is 0 Å². The predicted molar refractivity (Wildman–Crippen MR) is 75.6 cm³/mol. The molecule has 0 unspecified atom stereocenters. The Kier molecular flexibility index (Phi) is 5.94. The predicted octanol–water partition coefficient (Wildman–Crippen LogP) is 0.308. The lowest BCUT2D eigenvalue weighted by Gasteiger charge is -2.16. The Morgan fingerprint density at radius 2 is 2.11 bits per heavy atom. The summed E-state index contributed by atoms with van der Waals surface area (Å²) >= 11 is 1.37. The third kappa shape index (κ3) is 5.37. The molecule has 19 heavy (non-hydrogen) atoms. The van der Waals surface area contributed by atoms with Crippen LogP contribution in [0.4, 0.5) is 0 Å². The fourth-order valence-corrected chi connectivity index (χ4v) is 2.58. The summed E-state index contributed by atoms with van der Waals surface area (Å²) in [6.45, 7) is 4.80. The van der Waals surface area contributed by atoms with Crippen molar-refractivity contribution in [3.8, 4) is 0 Å². The summed E-state index contributed by atoms with van der Waals surface area (Å²) in [6, 6.07) is 3.73. The standard InChI is InChI=1S/C12H20N4O2S/c1-8(2)14-11(17)7-16(3)6-9-4-5-10(19-9)12(18)15-13/h4-5,8H,6-7,13H2,1-3H3,(H,14,17)(H,15,18). The van der Waals surface area contributed by atoms with Gasteiger partial charge >= 0.3 is 0 Å². The van der Waals surface area contributed by atoms with E-state index in [1.165, 1.54) is 11.3 Å². The van der Waals surface area contributed by atoms with Crippen molar-refractivity contribution in [2.24, 2.45) is 5.84 Å². The quantitative estimate of drug-likeness (QED) is 0.398. The lowest BCUT2D eigenvalue weighted by atomic mass is 10.3. The van der Waals surface area contributed by atoms with E-state index in [0.29, 0.717) is 18.0 Å². The van der Waals surface area contributed by atoms with Crippen LogP contribution < -0.4 is 16.6 Å². The van der Waals surface area contributed by atoms with Gasteiger partial charge in [0.05, 0.1) is 11.4 Å². The molecule has 1 heterocycles. The highest BCUT2D eigenvalue weighted by molar-refractivity contribution is 7.14. The zero-order valence-electron chi connectivity index (χ0n) is 11.4. The van der Waals surface area contributed by atoms with Crippen LogP contribution in [0, 0.1) is 0 Å². The summed E-state index contributed by atoms with van der Waals surface area (Å²) in [6.07, 6.45) is 0. The number of carbonyl (C=O) groups is 2. The molecule has 0 aliphatic heterocycles. The summed E-state index contributed by atoms with van der Waals surface area (Å²) < 4.78 is 0. The van der Waals surface area contributed by atoms with Gasteiger partial charge in [-0.2, -0.15) is 0 Å². The molecule has 6 nitrogen and oxygen atoms in total. The zero-order valence-corrected chi connectivity index (χ0v) is 12.2. The maximum Gasteiger partial charge on any atom is 0.275 e. The first-order chi connectivity index (χ1) is 8.92. The van der Waals surface area contributed by atoms with E-state index in [1.54, 1.807) is 6.07 Å². The number of hydrogen-bond acceptors (Lipinski definition) is 5. The van der Waals surface area contributed by atoms with Gasteiger partial charge in [-0.25, -0.2) is 5.84 Å². The Balaban J connectivity index is 2.48. The summed E-state index contributed by atoms with van der Waals surface area (Å²) in [5.74, 6) is 4.77. The third-order valence-corrected chi connectivity index (χ3v) is 3.37. The molecule has 7 heteroatoms. The number of rotatable bonds is 6. The highest BCUT2D eigenvalue weighted by Gasteiger charge is 2.11. The second-order valence-electron chi connectivity index (χ2n) is 4.63. The van der Waals surface area contributed by atoms with Crippen LogP contribution in [0.1, 0.15) is 28.4 Å². The molecular formula is C12H20N4O2S. The van der Waals surface area contributed by atoms with E-state index < -0.39 is 0 Å². The molecule has 0 fully saturated rings. The average molecular weight is 284 g/mol. The van der Waals surface area contributed by atoms with E-state index in [0.717, 1.165) is 4.88 Å². The molecule has 0 saturated heterocycles. The molecule has 0 bridgehead atoms. The van der Waals surface area contributed by atoms with Gasteiger partial charge in [0, 0.05) is 17.5 Å². The van der Waals surface area contributed by atoms with E-state index in [1.807, 2.05) is 31.9 Å². The molecule has 4 N–H and O–H groups in total. The first kappa shape index (κ1) is 15.6. The molecule has 0 atom stereocenters. The zero-order chi connectivity index (χ0) is 14.4. The summed E-state index contributed by atoms with van der Waals surface area (Å²) in [7, 11) is 1.86. The number of carbonyl (C=O) groups excluding carboxylic acids is 2. The summed E-state index contributed by atoms with van der Waals surface area (Å²) in [5, 5.41) is 2.83. The van der Waals surface area contributed by atoms with Crippen LogP contribution in [0.5, 0.6) is 0 Å². The van der Waals surface area contributed by atoms with E-state index in [4.69, 9.17) is 5.84 Å². The number of hydrogen-bond donors (Lipinski definition) is 3. The largest absolute Gasteiger partial charge is 0.353 e. The molecule has 106 valence electrons. The van der Waals surface area contributed by atoms with E-state index in [9.17, 15) is 9.59 Å². The highest BCUT2D eigenvalue weighted by Crippen LogP contribution is 2.17. The Morgan fingerprint density at radius 3 is 2.68 bits per heavy atom. The molecule has 0 aliphatic carbocycles. The Morgan fingerprint density at radius 1 is 1.42 bits per heavy atom. The van der Waals surface area contributed by atoms with Crippen LogP contribution in [0.15, 0.2) is 12.1 Å². The van der Waals surface area contributed by atoms with Crippen molar-refractivity contribution in [1.29, 1.82) is 0 Å². The van der Waals surface area contributed by atoms with Crippen molar-refractivity contribution < 1.29 is 9.59 Å². The van der Waals surface area contributed by atoms with Crippen molar-refractivity contribution >= 4 is 23.2 Å². The maximum absolute atomic E-state index is 11.6. The normalized spacial score (nSPS) is 10.8. The lowest BCUT2D eigenvalue weighted by Crippen LogP contribution is -2.38. The number of amides is 2. The van der Waals surface area contributed by atoms with Gasteiger partial charge in [0.1, 0.15) is 0 Å². The Bertz CT molecular complexity index is 445. The van der Waals surface area contributed by atoms with Crippen LogP contribution in [-0.4, -0.2) is 36.3 Å². The smallest absolute Gasteiger partial charge is 0.275 e. The number of thiophene rings is 1. The van der Waals surface area contributed by atoms with Crippen LogP contribution in [0.3, 0.4) is 0 Å². The van der Waals surface area contributed by atoms with Gasteiger partial charge in [0.25, 0.3) is 5.91 Å². The van der Waals surface area contributed by atoms with Crippen molar-refractivity contribution in [1.82, 2.24) is 15.6 Å².